The summed E-state index contributed by atoms with van der Waals surface area (Å²) in [4.78, 5) is 0. The number of rotatable bonds is 1. The van der Waals surface area contributed by atoms with E-state index in [0.717, 1.165) is 22.6 Å². The topological polar surface area (TPSA) is 13.1 Å². The van der Waals surface area contributed by atoms with Gasteiger partial charge < -0.3 is 4.42 Å². The number of hydrogen-bond acceptors (Lipinski definition) is 1. The molecule has 0 saturated carbocycles. The maximum atomic E-state index is 5.95. The number of terminal acetylenes is 1. The van der Waals surface area contributed by atoms with Crippen LogP contribution in [-0.2, 0) is 0 Å². The zero-order valence-corrected chi connectivity index (χ0v) is 9.01. The quantitative estimate of drug-likeness (QED) is 0.660. The second-order valence-electron chi connectivity index (χ2n) is 3.28. The molecular formula is C13H9ClO. The summed E-state index contributed by atoms with van der Waals surface area (Å²) in [5, 5.41) is 0.620. The molecule has 0 bridgehead atoms. The normalized spacial score (nSPS) is 9.93. The van der Waals surface area contributed by atoms with E-state index in [1.54, 1.807) is 6.07 Å². The number of benzene rings is 1. The number of hydrogen-bond donors (Lipinski definition) is 0. The van der Waals surface area contributed by atoms with Gasteiger partial charge in [-0.05, 0) is 37.3 Å². The van der Waals surface area contributed by atoms with Gasteiger partial charge in [-0.1, -0.05) is 17.5 Å². The minimum atomic E-state index is 0.620. The molecule has 0 aliphatic rings. The number of halogens is 1. The van der Waals surface area contributed by atoms with Gasteiger partial charge in [0, 0.05) is 16.1 Å². The fourth-order valence-electron chi connectivity index (χ4n) is 1.40. The van der Waals surface area contributed by atoms with Crippen molar-refractivity contribution in [1.29, 1.82) is 0 Å². The maximum absolute atomic E-state index is 5.95. The SMILES string of the molecule is C#Cc1cc(Cl)cc(-c2ccc(C)o2)c1. The van der Waals surface area contributed by atoms with Gasteiger partial charge in [0.05, 0.1) is 0 Å². The van der Waals surface area contributed by atoms with E-state index in [-0.39, 0.29) is 0 Å². The summed E-state index contributed by atoms with van der Waals surface area (Å²) in [7, 11) is 0. The monoisotopic (exact) mass is 216 g/mol. The summed E-state index contributed by atoms with van der Waals surface area (Å²) in [5.41, 5.74) is 1.66. The van der Waals surface area contributed by atoms with Gasteiger partial charge in [0.15, 0.2) is 0 Å². The van der Waals surface area contributed by atoms with Gasteiger partial charge in [-0.2, -0.15) is 0 Å². The van der Waals surface area contributed by atoms with Crippen LogP contribution in [0.15, 0.2) is 34.7 Å². The summed E-state index contributed by atoms with van der Waals surface area (Å²) < 4.78 is 5.50. The molecule has 0 amide bonds. The molecule has 2 aromatic rings. The van der Waals surface area contributed by atoms with Crippen LogP contribution in [-0.4, -0.2) is 0 Å². The Morgan fingerprint density at radius 3 is 2.67 bits per heavy atom. The predicted octanol–water partition coefficient (Wildman–Crippen LogP) is 3.89. The molecule has 2 rings (SSSR count). The second-order valence-corrected chi connectivity index (χ2v) is 3.72. The van der Waals surface area contributed by atoms with Gasteiger partial charge in [-0.15, -0.1) is 6.42 Å². The molecule has 0 spiro atoms. The lowest BCUT2D eigenvalue weighted by Gasteiger charge is -1.99. The first-order valence-electron chi connectivity index (χ1n) is 4.53. The number of furan rings is 1. The lowest BCUT2D eigenvalue weighted by Crippen LogP contribution is -1.78. The zero-order chi connectivity index (χ0) is 10.8. The molecule has 0 fully saturated rings. The zero-order valence-electron chi connectivity index (χ0n) is 8.25. The van der Waals surface area contributed by atoms with Crippen LogP contribution in [0.2, 0.25) is 5.02 Å². The van der Waals surface area contributed by atoms with Crippen molar-refractivity contribution in [1.82, 2.24) is 0 Å². The molecule has 0 aliphatic carbocycles. The van der Waals surface area contributed by atoms with Crippen LogP contribution in [0.5, 0.6) is 0 Å². The lowest BCUT2D eigenvalue weighted by atomic mass is 10.1. The van der Waals surface area contributed by atoms with Gasteiger partial charge in [0.2, 0.25) is 0 Å². The van der Waals surface area contributed by atoms with Crippen molar-refractivity contribution in [3.8, 4) is 23.7 Å². The molecule has 0 saturated heterocycles. The van der Waals surface area contributed by atoms with Crippen LogP contribution in [0.3, 0.4) is 0 Å². The van der Waals surface area contributed by atoms with Gasteiger partial charge in [0.25, 0.3) is 0 Å². The van der Waals surface area contributed by atoms with Crippen LogP contribution in [0.25, 0.3) is 11.3 Å². The molecule has 74 valence electrons. The van der Waals surface area contributed by atoms with Crippen LogP contribution < -0.4 is 0 Å². The molecule has 0 radical (unpaired) electrons. The van der Waals surface area contributed by atoms with Crippen molar-refractivity contribution in [3.63, 3.8) is 0 Å². The van der Waals surface area contributed by atoms with Crippen molar-refractivity contribution in [2.24, 2.45) is 0 Å². The summed E-state index contributed by atoms with van der Waals surface area (Å²) in [5.74, 6) is 4.21. The highest BCUT2D eigenvalue weighted by Crippen LogP contribution is 2.26. The smallest absolute Gasteiger partial charge is 0.134 e. The Kier molecular flexibility index (Phi) is 2.53. The molecule has 0 unspecified atom stereocenters. The lowest BCUT2D eigenvalue weighted by molar-refractivity contribution is 0.548. The summed E-state index contributed by atoms with van der Waals surface area (Å²) in [6, 6.07) is 9.28. The Labute approximate surface area is 93.7 Å². The van der Waals surface area contributed by atoms with Gasteiger partial charge >= 0.3 is 0 Å². The molecule has 0 aliphatic heterocycles. The fraction of sp³-hybridized carbons (Fsp3) is 0.0769. The first-order valence-corrected chi connectivity index (χ1v) is 4.91. The van der Waals surface area contributed by atoms with Gasteiger partial charge in [0.1, 0.15) is 11.5 Å². The third kappa shape index (κ3) is 2.06. The third-order valence-electron chi connectivity index (χ3n) is 2.09. The van der Waals surface area contributed by atoms with E-state index in [1.165, 1.54) is 0 Å². The Morgan fingerprint density at radius 1 is 1.27 bits per heavy atom. The molecule has 0 atom stereocenters. The van der Waals surface area contributed by atoms with Crippen molar-refractivity contribution < 1.29 is 4.42 Å². The summed E-state index contributed by atoms with van der Waals surface area (Å²) >= 11 is 5.95. The maximum Gasteiger partial charge on any atom is 0.134 e. The molecule has 0 N–H and O–H groups in total. The average molecular weight is 217 g/mol. The fourth-order valence-corrected chi connectivity index (χ4v) is 1.64. The van der Waals surface area contributed by atoms with Crippen LogP contribution in [0.4, 0.5) is 0 Å². The Balaban J connectivity index is 2.54. The van der Waals surface area contributed by atoms with Crippen LogP contribution in [0, 0.1) is 19.3 Å². The van der Waals surface area contributed by atoms with E-state index in [1.807, 2.05) is 31.2 Å². The molecule has 15 heavy (non-hydrogen) atoms. The first-order chi connectivity index (χ1) is 7.19. The van der Waals surface area contributed by atoms with Crippen LogP contribution >= 0.6 is 11.6 Å². The third-order valence-corrected chi connectivity index (χ3v) is 2.31. The van der Waals surface area contributed by atoms with Crippen LogP contribution in [0.1, 0.15) is 11.3 Å². The highest BCUT2D eigenvalue weighted by Gasteiger charge is 2.04. The highest BCUT2D eigenvalue weighted by molar-refractivity contribution is 6.31. The molecule has 1 heterocycles. The van der Waals surface area contributed by atoms with Crippen molar-refractivity contribution >= 4 is 11.6 Å². The highest BCUT2D eigenvalue weighted by atomic mass is 35.5. The standard InChI is InChI=1S/C13H9ClO/c1-3-10-6-11(8-12(14)7-10)13-5-4-9(2)15-13/h1,4-8H,2H3. The molecule has 2 heteroatoms. The Hall–Kier alpha value is -1.65. The van der Waals surface area contributed by atoms with E-state index in [4.69, 9.17) is 22.4 Å². The van der Waals surface area contributed by atoms with E-state index in [9.17, 15) is 0 Å². The summed E-state index contributed by atoms with van der Waals surface area (Å²) in [6.45, 7) is 1.90. The first kappa shape index (κ1) is 9.89. The molecular weight excluding hydrogens is 208 g/mol. The minimum absolute atomic E-state index is 0.620. The molecule has 1 nitrogen and oxygen atoms in total. The number of aryl methyl sites for hydroxylation is 1. The van der Waals surface area contributed by atoms with Gasteiger partial charge in [-0.25, -0.2) is 0 Å². The van der Waals surface area contributed by atoms with E-state index in [2.05, 4.69) is 5.92 Å². The van der Waals surface area contributed by atoms with E-state index in [0.29, 0.717) is 5.02 Å². The minimum Gasteiger partial charge on any atom is -0.461 e. The van der Waals surface area contributed by atoms with Crippen molar-refractivity contribution in [3.05, 3.63) is 46.7 Å². The molecule has 1 aromatic carbocycles. The predicted molar refractivity (Wildman–Crippen MR) is 61.8 cm³/mol. The van der Waals surface area contributed by atoms with Crippen molar-refractivity contribution in [2.75, 3.05) is 0 Å². The Bertz CT molecular complexity index is 532. The van der Waals surface area contributed by atoms with E-state index >= 15 is 0 Å². The average Bonchev–Trinajstić information content (AvgIpc) is 2.64. The largest absolute Gasteiger partial charge is 0.461 e. The van der Waals surface area contributed by atoms with Gasteiger partial charge in [-0.3, -0.25) is 0 Å². The van der Waals surface area contributed by atoms with Crippen molar-refractivity contribution in [2.45, 2.75) is 6.92 Å². The Morgan fingerprint density at radius 2 is 2.07 bits per heavy atom. The second kappa shape index (κ2) is 3.84. The van der Waals surface area contributed by atoms with E-state index < -0.39 is 0 Å². The summed E-state index contributed by atoms with van der Waals surface area (Å²) in [6.07, 6.45) is 5.33. The molecule has 1 aromatic heterocycles.